The van der Waals surface area contributed by atoms with Crippen LogP contribution >= 0.6 is 0 Å². The van der Waals surface area contributed by atoms with Crippen LogP contribution in [-0.4, -0.2) is 13.2 Å². The number of nitro groups is 1. The van der Waals surface area contributed by atoms with Gasteiger partial charge in [0, 0.05) is 6.07 Å². The minimum atomic E-state index is -3.47. The largest absolute Gasteiger partial charge is 0.399 e. The SMILES string of the molecule is Cc1ccc([N+](=O)[O-])c(CO[Si](c2ccc(F)cc2)(c2ccc(F)cc2)c2ccc(F)cc2)c1. The number of halogens is 3. The normalized spacial score (nSPS) is 11.4. The predicted octanol–water partition coefficient (Wildman–Crippen LogP) is 4.50. The van der Waals surface area contributed by atoms with Crippen molar-refractivity contribution in [2.24, 2.45) is 0 Å². The van der Waals surface area contributed by atoms with E-state index in [1.165, 1.54) is 42.5 Å². The first-order valence-electron chi connectivity index (χ1n) is 10.5. The van der Waals surface area contributed by atoms with E-state index in [1.54, 1.807) is 48.5 Å². The van der Waals surface area contributed by atoms with Gasteiger partial charge < -0.3 is 4.43 Å². The second-order valence-corrected chi connectivity index (χ2v) is 11.3. The van der Waals surface area contributed by atoms with Gasteiger partial charge >= 0.3 is 0 Å². The van der Waals surface area contributed by atoms with Crippen LogP contribution in [0.3, 0.4) is 0 Å². The molecule has 0 aliphatic rings. The highest BCUT2D eigenvalue weighted by Gasteiger charge is 2.42. The highest BCUT2D eigenvalue weighted by atomic mass is 28.4. The molecule has 0 unspecified atom stereocenters. The van der Waals surface area contributed by atoms with Crippen LogP contribution in [0.2, 0.25) is 0 Å². The van der Waals surface area contributed by atoms with Gasteiger partial charge in [-0.3, -0.25) is 10.1 Å². The highest BCUT2D eigenvalue weighted by molar-refractivity contribution is 7.07. The second-order valence-electron chi connectivity index (χ2n) is 7.88. The first-order chi connectivity index (χ1) is 16.3. The molecular formula is C26H20F3NO3Si. The molecule has 172 valence electrons. The Morgan fingerprint density at radius 1 is 0.735 bits per heavy atom. The third kappa shape index (κ3) is 4.64. The van der Waals surface area contributed by atoms with Gasteiger partial charge in [-0.1, -0.05) is 48.0 Å². The Morgan fingerprint density at radius 2 is 1.15 bits per heavy atom. The fraction of sp³-hybridized carbons (Fsp3) is 0.0769. The summed E-state index contributed by atoms with van der Waals surface area (Å²) in [6.07, 6.45) is 0. The number of benzene rings is 4. The Hall–Kier alpha value is -3.75. The van der Waals surface area contributed by atoms with Crippen molar-refractivity contribution < 1.29 is 22.5 Å². The van der Waals surface area contributed by atoms with Crippen molar-refractivity contribution in [1.82, 2.24) is 0 Å². The van der Waals surface area contributed by atoms with Crippen LogP contribution in [0.1, 0.15) is 11.1 Å². The van der Waals surface area contributed by atoms with Crippen LogP contribution in [0.5, 0.6) is 0 Å². The van der Waals surface area contributed by atoms with Crippen LogP contribution in [0, 0.1) is 34.5 Å². The minimum absolute atomic E-state index is 0.0918. The average Bonchev–Trinajstić information content (AvgIpc) is 2.82. The van der Waals surface area contributed by atoms with E-state index < -0.39 is 30.7 Å². The van der Waals surface area contributed by atoms with E-state index in [1.807, 2.05) is 6.92 Å². The molecule has 0 atom stereocenters. The molecule has 4 nitrogen and oxygen atoms in total. The van der Waals surface area contributed by atoms with Crippen molar-refractivity contribution in [2.45, 2.75) is 13.5 Å². The molecule has 0 aromatic heterocycles. The fourth-order valence-electron chi connectivity index (χ4n) is 4.00. The summed E-state index contributed by atoms with van der Waals surface area (Å²) in [4.78, 5) is 11.1. The Bertz CT molecular complexity index is 1200. The zero-order chi connectivity index (χ0) is 24.3. The Labute approximate surface area is 195 Å². The number of hydrogen-bond donors (Lipinski definition) is 0. The molecule has 4 aromatic carbocycles. The molecule has 4 aromatic rings. The Balaban J connectivity index is 1.93. The van der Waals surface area contributed by atoms with Crippen molar-refractivity contribution >= 4 is 29.6 Å². The van der Waals surface area contributed by atoms with E-state index in [9.17, 15) is 23.3 Å². The first-order valence-corrected chi connectivity index (χ1v) is 12.4. The molecule has 0 bridgehead atoms. The summed E-state index contributed by atoms with van der Waals surface area (Å²) in [5, 5.41) is 13.5. The summed E-state index contributed by atoms with van der Waals surface area (Å²) < 4.78 is 48.1. The van der Waals surface area contributed by atoms with Crippen LogP contribution in [0.25, 0.3) is 0 Å². The van der Waals surface area contributed by atoms with Gasteiger partial charge in [0.15, 0.2) is 0 Å². The summed E-state index contributed by atoms with van der Waals surface area (Å²) in [7, 11) is -3.47. The molecule has 0 fully saturated rings. The highest BCUT2D eigenvalue weighted by Crippen LogP contribution is 2.23. The van der Waals surface area contributed by atoms with Crippen LogP contribution < -0.4 is 15.6 Å². The van der Waals surface area contributed by atoms with Crippen molar-refractivity contribution in [2.75, 3.05) is 0 Å². The molecular weight excluding hydrogens is 459 g/mol. The van der Waals surface area contributed by atoms with Crippen LogP contribution in [0.15, 0.2) is 91.0 Å². The monoisotopic (exact) mass is 479 g/mol. The van der Waals surface area contributed by atoms with Gasteiger partial charge in [0.2, 0.25) is 0 Å². The van der Waals surface area contributed by atoms with E-state index in [-0.39, 0.29) is 12.3 Å². The number of aryl methyl sites for hydroxylation is 1. The second kappa shape index (κ2) is 9.62. The third-order valence-corrected chi connectivity index (χ3v) is 9.64. The van der Waals surface area contributed by atoms with Crippen molar-refractivity contribution in [3.8, 4) is 0 Å². The Kier molecular flexibility index (Phi) is 6.62. The van der Waals surface area contributed by atoms with E-state index >= 15 is 0 Å². The van der Waals surface area contributed by atoms with Gasteiger partial charge in [0.05, 0.1) is 17.1 Å². The van der Waals surface area contributed by atoms with Gasteiger partial charge in [-0.2, -0.15) is 0 Å². The van der Waals surface area contributed by atoms with E-state index in [2.05, 4.69) is 0 Å². The zero-order valence-electron chi connectivity index (χ0n) is 18.2. The standard InChI is InChI=1S/C26H20F3NO3Si/c1-18-2-15-26(30(31)32)19(16-18)17-33-34(23-9-3-20(27)4-10-23,24-11-5-21(28)6-12-24)25-13-7-22(29)8-14-25/h2-16H,17H2,1H3. The lowest BCUT2D eigenvalue weighted by Gasteiger charge is -2.33. The molecule has 0 radical (unpaired) electrons. The molecule has 8 heteroatoms. The summed E-state index contributed by atoms with van der Waals surface area (Å²) >= 11 is 0. The molecule has 4 rings (SSSR count). The molecule has 0 heterocycles. The lowest BCUT2D eigenvalue weighted by Crippen LogP contribution is -2.69. The molecule has 0 amide bonds. The molecule has 34 heavy (non-hydrogen) atoms. The maximum atomic E-state index is 13.8. The summed E-state index contributed by atoms with van der Waals surface area (Å²) in [6.45, 7) is 1.69. The number of rotatable bonds is 7. The summed E-state index contributed by atoms with van der Waals surface area (Å²) in [5.41, 5.74) is 1.10. The van der Waals surface area contributed by atoms with Crippen LogP contribution in [-0.2, 0) is 11.0 Å². The zero-order valence-corrected chi connectivity index (χ0v) is 19.2. The smallest absolute Gasteiger partial charge is 0.288 e. The molecule has 0 N–H and O–H groups in total. The fourth-order valence-corrected chi connectivity index (χ4v) is 7.78. The van der Waals surface area contributed by atoms with Crippen molar-refractivity contribution in [3.63, 3.8) is 0 Å². The van der Waals surface area contributed by atoms with E-state index in [0.717, 1.165) is 5.56 Å². The molecule has 0 saturated carbocycles. The number of nitrogens with zero attached hydrogens (tertiary/aromatic N) is 1. The van der Waals surface area contributed by atoms with Crippen molar-refractivity contribution in [1.29, 1.82) is 0 Å². The topological polar surface area (TPSA) is 52.4 Å². The van der Waals surface area contributed by atoms with Gasteiger partial charge in [-0.15, -0.1) is 0 Å². The van der Waals surface area contributed by atoms with Gasteiger partial charge in [-0.05, 0) is 64.9 Å². The Morgan fingerprint density at radius 3 is 1.53 bits per heavy atom. The lowest BCUT2D eigenvalue weighted by atomic mass is 10.1. The maximum absolute atomic E-state index is 13.8. The minimum Gasteiger partial charge on any atom is -0.399 e. The summed E-state index contributed by atoms with van der Waals surface area (Å²) in [6, 6.07) is 22.0. The molecule has 0 aliphatic heterocycles. The van der Waals surface area contributed by atoms with Crippen LogP contribution in [0.4, 0.5) is 18.9 Å². The lowest BCUT2D eigenvalue weighted by molar-refractivity contribution is -0.385. The van der Waals surface area contributed by atoms with Gasteiger partial charge in [0.1, 0.15) is 17.5 Å². The van der Waals surface area contributed by atoms with Crippen molar-refractivity contribution in [3.05, 3.63) is 130 Å². The summed E-state index contributed by atoms with van der Waals surface area (Å²) in [5.74, 6) is -1.34. The quantitative estimate of drug-likeness (QED) is 0.170. The first kappa shape index (κ1) is 23.4. The molecule has 0 saturated heterocycles. The maximum Gasteiger partial charge on any atom is 0.288 e. The number of nitro benzene ring substituents is 1. The van der Waals surface area contributed by atoms with E-state index in [0.29, 0.717) is 21.1 Å². The van der Waals surface area contributed by atoms with Gasteiger partial charge in [0.25, 0.3) is 14.0 Å². The molecule has 0 aliphatic carbocycles. The average molecular weight is 480 g/mol. The molecule has 0 spiro atoms. The third-order valence-electron chi connectivity index (χ3n) is 5.63. The predicted molar refractivity (Wildman–Crippen MR) is 126 cm³/mol. The van der Waals surface area contributed by atoms with E-state index in [4.69, 9.17) is 4.43 Å². The number of hydrogen-bond acceptors (Lipinski definition) is 3. The van der Waals surface area contributed by atoms with Gasteiger partial charge in [-0.25, -0.2) is 13.2 Å².